The number of nitrogens with one attached hydrogen (secondary N) is 1. The highest BCUT2D eigenvalue weighted by atomic mass is 19.1. The molecule has 1 N–H and O–H groups in total. The summed E-state index contributed by atoms with van der Waals surface area (Å²) in [4.78, 5) is 2.44. The predicted octanol–water partition coefficient (Wildman–Crippen LogP) is 3.01. The maximum atomic E-state index is 13.9. The van der Waals surface area contributed by atoms with Gasteiger partial charge in [0.15, 0.2) is 0 Å². The van der Waals surface area contributed by atoms with Crippen molar-refractivity contribution in [1.29, 1.82) is 0 Å². The lowest BCUT2D eigenvalue weighted by molar-refractivity contribution is 0.288. The van der Waals surface area contributed by atoms with E-state index in [0.29, 0.717) is 29.4 Å². The summed E-state index contributed by atoms with van der Waals surface area (Å²) in [5.74, 6) is 0.851. The van der Waals surface area contributed by atoms with Gasteiger partial charge in [-0.25, -0.2) is 8.78 Å². The van der Waals surface area contributed by atoms with Gasteiger partial charge < -0.3 is 5.32 Å². The number of benzene rings is 1. The van der Waals surface area contributed by atoms with Gasteiger partial charge in [-0.3, -0.25) is 9.58 Å². The van der Waals surface area contributed by atoms with Crippen molar-refractivity contribution in [2.45, 2.75) is 19.5 Å². The van der Waals surface area contributed by atoms with Crippen molar-refractivity contribution in [1.82, 2.24) is 24.9 Å². The first-order valence-corrected chi connectivity index (χ1v) is 9.75. The van der Waals surface area contributed by atoms with Gasteiger partial charge in [-0.05, 0) is 55.2 Å². The molecule has 2 aromatic heterocycles. The second kappa shape index (κ2) is 6.88. The van der Waals surface area contributed by atoms with Crippen molar-refractivity contribution in [2.24, 2.45) is 18.9 Å². The Bertz CT molecular complexity index is 1020. The largest absolute Gasteiger partial charge is 0.365 e. The molecule has 0 amide bonds. The van der Waals surface area contributed by atoms with E-state index in [1.165, 1.54) is 5.69 Å². The van der Waals surface area contributed by atoms with E-state index in [1.807, 2.05) is 11.7 Å². The van der Waals surface area contributed by atoms with Gasteiger partial charge in [-0.15, -0.1) is 10.2 Å². The first-order valence-electron chi connectivity index (χ1n) is 9.75. The Kier molecular flexibility index (Phi) is 4.31. The van der Waals surface area contributed by atoms with Crippen LogP contribution in [0, 0.1) is 30.4 Å². The van der Waals surface area contributed by atoms with Crippen LogP contribution in [0.4, 0.5) is 14.6 Å². The molecular weight excluding hydrogens is 374 g/mol. The van der Waals surface area contributed by atoms with Gasteiger partial charge in [0.2, 0.25) is 0 Å². The Balaban J connectivity index is 1.18. The third kappa shape index (κ3) is 3.48. The van der Waals surface area contributed by atoms with Crippen LogP contribution in [0.2, 0.25) is 0 Å². The first kappa shape index (κ1) is 18.2. The van der Waals surface area contributed by atoms with Crippen LogP contribution in [0.1, 0.15) is 11.4 Å². The third-order valence-electron chi connectivity index (χ3n) is 6.00. The number of halogens is 2. The molecule has 6 nitrogen and oxygen atoms in total. The van der Waals surface area contributed by atoms with E-state index >= 15 is 0 Å². The number of anilines is 1. The number of piperidine rings is 1. The number of hydrogen-bond donors (Lipinski definition) is 1. The fourth-order valence-corrected chi connectivity index (χ4v) is 4.32. The molecular formula is C21H22F2N6. The number of nitrogens with zero attached hydrogens (tertiary/aromatic N) is 5. The number of fused-ring (bicyclic) bond motifs is 1. The number of likely N-dealkylation sites (tertiary alicyclic amines) is 1. The molecule has 0 bridgehead atoms. The summed E-state index contributed by atoms with van der Waals surface area (Å²) in [5, 5.41) is 16.2. The van der Waals surface area contributed by atoms with E-state index in [2.05, 4.69) is 38.5 Å². The molecule has 3 heterocycles. The smallest absolute Gasteiger partial charge is 0.148 e. The minimum atomic E-state index is -0.513. The minimum Gasteiger partial charge on any atom is -0.365 e. The van der Waals surface area contributed by atoms with Gasteiger partial charge in [0.1, 0.15) is 17.5 Å². The molecule has 3 atom stereocenters. The molecule has 1 saturated carbocycles. The van der Waals surface area contributed by atoms with Gasteiger partial charge in [0.05, 0.1) is 11.4 Å². The van der Waals surface area contributed by atoms with Crippen LogP contribution < -0.4 is 5.32 Å². The molecule has 2 fully saturated rings. The zero-order valence-electron chi connectivity index (χ0n) is 16.3. The quantitative estimate of drug-likeness (QED) is 0.719. The van der Waals surface area contributed by atoms with Crippen LogP contribution in [0.25, 0.3) is 11.3 Å². The molecule has 3 aromatic rings. The van der Waals surface area contributed by atoms with Crippen molar-refractivity contribution < 1.29 is 8.78 Å². The van der Waals surface area contributed by atoms with E-state index in [9.17, 15) is 8.78 Å². The lowest BCUT2D eigenvalue weighted by Gasteiger charge is -2.18. The Hall–Kier alpha value is -2.87. The van der Waals surface area contributed by atoms with E-state index in [1.54, 1.807) is 12.1 Å². The Morgan fingerprint density at radius 2 is 1.86 bits per heavy atom. The standard InChI is InChI=1S/C21H22F2N6/c1-12-7-14(27-28(12)2)9-29-10-16-17(11-29)21(16)24-20-6-5-19(25-26-20)15-8-13(22)3-4-18(15)23/h3-8,16-17,21H,9-11H2,1-2H3,(H,24,26)/t16-,17+,21+. The molecule has 29 heavy (non-hydrogen) atoms. The molecule has 0 radical (unpaired) electrons. The van der Waals surface area contributed by atoms with E-state index in [0.717, 1.165) is 43.5 Å². The van der Waals surface area contributed by atoms with Gasteiger partial charge >= 0.3 is 0 Å². The summed E-state index contributed by atoms with van der Waals surface area (Å²) in [6.45, 7) is 5.03. The van der Waals surface area contributed by atoms with Crippen LogP contribution in [-0.2, 0) is 13.6 Å². The molecule has 5 rings (SSSR count). The third-order valence-corrected chi connectivity index (χ3v) is 6.00. The van der Waals surface area contributed by atoms with Crippen LogP contribution in [0.5, 0.6) is 0 Å². The van der Waals surface area contributed by atoms with Crippen LogP contribution in [0.3, 0.4) is 0 Å². The van der Waals surface area contributed by atoms with Gasteiger partial charge in [-0.2, -0.15) is 5.10 Å². The van der Waals surface area contributed by atoms with Crippen molar-refractivity contribution in [2.75, 3.05) is 18.4 Å². The molecule has 0 spiro atoms. The maximum absolute atomic E-state index is 13.9. The Morgan fingerprint density at radius 3 is 2.52 bits per heavy atom. The second-order valence-electron chi connectivity index (χ2n) is 8.02. The summed E-state index contributed by atoms with van der Waals surface area (Å²) in [7, 11) is 1.97. The molecule has 1 saturated heterocycles. The van der Waals surface area contributed by atoms with Gasteiger partial charge in [0.25, 0.3) is 0 Å². The van der Waals surface area contributed by atoms with Crippen LogP contribution >= 0.6 is 0 Å². The molecule has 8 heteroatoms. The van der Waals surface area contributed by atoms with Gasteiger partial charge in [-0.1, -0.05) is 0 Å². The number of aryl methyl sites for hydroxylation is 2. The van der Waals surface area contributed by atoms with Crippen molar-refractivity contribution in [3.8, 4) is 11.3 Å². The highest BCUT2D eigenvalue weighted by molar-refractivity contribution is 5.60. The monoisotopic (exact) mass is 396 g/mol. The summed E-state index contributed by atoms with van der Waals surface area (Å²) in [5.41, 5.74) is 2.72. The minimum absolute atomic E-state index is 0.118. The van der Waals surface area contributed by atoms with Gasteiger partial charge in [0, 0.05) is 44.0 Å². The van der Waals surface area contributed by atoms with Crippen molar-refractivity contribution in [3.63, 3.8) is 0 Å². The fourth-order valence-electron chi connectivity index (χ4n) is 4.32. The molecule has 1 aromatic carbocycles. The van der Waals surface area contributed by atoms with Crippen molar-refractivity contribution in [3.05, 3.63) is 59.4 Å². The normalized spacial score (nSPS) is 23.2. The Labute approximate surface area is 167 Å². The van der Waals surface area contributed by atoms with E-state index < -0.39 is 11.6 Å². The first-order chi connectivity index (χ1) is 14.0. The topological polar surface area (TPSA) is 58.9 Å². The number of aromatic nitrogens is 4. The SMILES string of the molecule is Cc1cc(CN2C[C@@H]3[C@H](C2)[C@H]3Nc2ccc(-c3cc(F)ccc3F)nn2)nn1C. The second-order valence-corrected chi connectivity index (χ2v) is 8.02. The molecule has 1 aliphatic carbocycles. The number of hydrogen-bond acceptors (Lipinski definition) is 5. The molecule has 1 aliphatic heterocycles. The molecule has 0 unspecified atom stereocenters. The zero-order valence-corrected chi connectivity index (χ0v) is 16.3. The highest BCUT2D eigenvalue weighted by Gasteiger charge is 2.55. The fraction of sp³-hybridized carbons (Fsp3) is 0.381. The number of rotatable bonds is 5. The maximum Gasteiger partial charge on any atom is 0.148 e. The van der Waals surface area contributed by atoms with Crippen LogP contribution in [0.15, 0.2) is 36.4 Å². The Morgan fingerprint density at radius 1 is 1.07 bits per heavy atom. The highest BCUT2D eigenvalue weighted by Crippen LogP contribution is 2.47. The van der Waals surface area contributed by atoms with Crippen molar-refractivity contribution >= 4 is 5.82 Å². The lowest BCUT2D eigenvalue weighted by Crippen LogP contribution is -2.28. The molecule has 2 aliphatic rings. The van der Waals surface area contributed by atoms with Crippen LogP contribution in [-0.4, -0.2) is 44.0 Å². The molecule has 150 valence electrons. The summed E-state index contributed by atoms with van der Waals surface area (Å²) in [6, 6.07) is 9.29. The predicted molar refractivity (Wildman–Crippen MR) is 105 cm³/mol. The van der Waals surface area contributed by atoms with E-state index in [-0.39, 0.29) is 5.56 Å². The summed E-state index contributed by atoms with van der Waals surface area (Å²) in [6.07, 6.45) is 0. The lowest BCUT2D eigenvalue weighted by atomic mass is 10.1. The van der Waals surface area contributed by atoms with E-state index in [4.69, 9.17) is 0 Å². The zero-order chi connectivity index (χ0) is 20.1. The average Bonchev–Trinajstić information content (AvgIpc) is 3.00. The summed E-state index contributed by atoms with van der Waals surface area (Å²) < 4.78 is 29.2. The average molecular weight is 396 g/mol. The summed E-state index contributed by atoms with van der Waals surface area (Å²) >= 11 is 0.